The third-order valence-electron chi connectivity index (χ3n) is 13.9. The summed E-state index contributed by atoms with van der Waals surface area (Å²) >= 11 is 0. The number of ether oxygens (including phenoxy) is 4. The Balaban J connectivity index is 1.21. The van der Waals surface area contributed by atoms with E-state index in [1.807, 2.05) is 0 Å². The van der Waals surface area contributed by atoms with Crippen LogP contribution in [0.2, 0.25) is 0 Å². The highest BCUT2D eigenvalue weighted by atomic mass is 16.7. The van der Waals surface area contributed by atoms with E-state index in [1.54, 1.807) is 0 Å². The van der Waals surface area contributed by atoms with Crippen LogP contribution in [0, 0.1) is 35.5 Å². The van der Waals surface area contributed by atoms with Crippen LogP contribution in [-0.4, -0.2) is 171 Å². The highest BCUT2D eigenvalue weighted by Gasteiger charge is 2.64. The second-order valence-electron chi connectivity index (χ2n) is 17.0. The molecule has 3 saturated heterocycles. The summed E-state index contributed by atoms with van der Waals surface area (Å²) < 4.78 is 24.0. The molecule has 7 aliphatic rings. The molecule has 0 spiro atoms. The number of hydrogen-bond donors (Lipinski definition) is 11. The van der Waals surface area contributed by atoms with Crippen molar-refractivity contribution in [2.75, 3.05) is 6.61 Å². The summed E-state index contributed by atoms with van der Waals surface area (Å²) in [5, 5.41) is 120. The molecule has 7 fully saturated rings. The van der Waals surface area contributed by atoms with Crippen LogP contribution in [-0.2, 0) is 14.2 Å². The molecule has 3 aliphatic heterocycles. The molecule has 0 radical (unpaired) electrons. The van der Waals surface area contributed by atoms with E-state index in [0.29, 0.717) is 51.4 Å². The minimum atomic E-state index is -1.64. The maximum Gasteiger partial charge on any atom is 0.187 e. The molecular formula is C36H61O15+. The summed E-state index contributed by atoms with van der Waals surface area (Å²) in [6.45, 7) is -0.617. The van der Waals surface area contributed by atoms with E-state index in [1.165, 1.54) is 0 Å². The largest absolute Gasteiger partial charge is 0.426 e. The fourth-order valence-electron chi connectivity index (χ4n) is 11.3. The normalized spacial score (nSPS) is 56.9. The molecule has 15 heteroatoms. The molecule has 0 amide bonds. The van der Waals surface area contributed by atoms with Gasteiger partial charge in [-0.15, -0.1) is 0 Å². The van der Waals surface area contributed by atoms with E-state index in [2.05, 4.69) is 0 Å². The molecule has 4 saturated carbocycles. The molecule has 294 valence electrons. The van der Waals surface area contributed by atoms with E-state index in [-0.39, 0.29) is 37.5 Å². The van der Waals surface area contributed by atoms with Gasteiger partial charge >= 0.3 is 0 Å². The third kappa shape index (κ3) is 7.53. The molecule has 0 aromatic rings. The number of fused-ring (bicyclic) bond motifs is 2. The summed E-state index contributed by atoms with van der Waals surface area (Å²) in [5.41, 5.74) is 0. The Labute approximate surface area is 298 Å². The first-order chi connectivity index (χ1) is 24.4. The summed E-state index contributed by atoms with van der Waals surface area (Å²) in [6, 6.07) is 0. The monoisotopic (exact) mass is 733 g/mol. The molecule has 19 unspecified atom stereocenters. The van der Waals surface area contributed by atoms with Gasteiger partial charge in [0.05, 0.1) is 73.4 Å². The highest BCUT2D eigenvalue weighted by molar-refractivity contribution is 5.09. The number of rotatable bonds is 6. The van der Waals surface area contributed by atoms with Gasteiger partial charge in [0.2, 0.25) is 0 Å². The van der Waals surface area contributed by atoms with Gasteiger partial charge in [-0.3, -0.25) is 0 Å². The molecule has 0 bridgehead atoms. The second kappa shape index (κ2) is 15.9. The summed E-state index contributed by atoms with van der Waals surface area (Å²) in [7, 11) is 0. The van der Waals surface area contributed by atoms with E-state index in [0.717, 1.165) is 0 Å². The Bertz CT molecular complexity index is 1130. The topological polar surface area (TPSA) is 263 Å². The average molecular weight is 734 g/mol. The van der Waals surface area contributed by atoms with Gasteiger partial charge in [-0.25, -0.2) is 0 Å². The van der Waals surface area contributed by atoms with Gasteiger partial charge in [0.25, 0.3) is 0 Å². The Morgan fingerprint density at radius 1 is 0.529 bits per heavy atom. The minimum Gasteiger partial charge on any atom is -0.426 e. The van der Waals surface area contributed by atoms with E-state index in [9.17, 15) is 56.2 Å². The SMILES string of the molecule is OCC1OC(OC2CC3C(O)CC(O)C(C4C(O)C(C5CCC(O)CC5)OC5CC(O)CC(O)C54)C3[OH+]C2C2CCC(O)CC2)C(O)C(O)C1O. The zero-order valence-electron chi connectivity index (χ0n) is 29.1. The van der Waals surface area contributed by atoms with Crippen molar-refractivity contribution in [2.24, 2.45) is 35.5 Å². The predicted octanol–water partition coefficient (Wildman–Crippen LogP) is -2.82. The second-order valence-corrected chi connectivity index (χ2v) is 17.0. The van der Waals surface area contributed by atoms with Crippen LogP contribution < -0.4 is 0 Å². The van der Waals surface area contributed by atoms with Crippen LogP contribution in [0.3, 0.4) is 0 Å². The van der Waals surface area contributed by atoms with Gasteiger partial charge < -0.3 is 75.1 Å². The van der Waals surface area contributed by atoms with Crippen LogP contribution in [0.15, 0.2) is 0 Å². The van der Waals surface area contributed by atoms with Crippen LogP contribution in [0.25, 0.3) is 0 Å². The molecule has 0 aromatic heterocycles. The molecule has 7 rings (SSSR count). The third-order valence-corrected chi connectivity index (χ3v) is 13.9. The Morgan fingerprint density at radius 2 is 1.16 bits per heavy atom. The van der Waals surface area contributed by atoms with Gasteiger partial charge in [0.1, 0.15) is 30.5 Å². The average Bonchev–Trinajstić information content (AvgIpc) is 3.10. The van der Waals surface area contributed by atoms with Crippen LogP contribution in [0.4, 0.5) is 0 Å². The summed E-state index contributed by atoms with van der Waals surface area (Å²) in [6.07, 6.45) is -11.0. The Hall–Kier alpha value is -0.600. The Morgan fingerprint density at radius 3 is 1.80 bits per heavy atom. The minimum absolute atomic E-state index is 0.00508. The van der Waals surface area contributed by atoms with Crippen molar-refractivity contribution in [2.45, 2.75) is 181 Å². The number of aliphatic hydroxyl groups is 13. The molecule has 12 N–H and O–H groups in total. The van der Waals surface area contributed by atoms with Crippen molar-refractivity contribution in [1.82, 2.24) is 0 Å². The Kier molecular flexibility index (Phi) is 12.0. The van der Waals surface area contributed by atoms with Crippen molar-refractivity contribution in [3.63, 3.8) is 0 Å². The van der Waals surface area contributed by atoms with Crippen LogP contribution in [0.5, 0.6) is 0 Å². The molecule has 4 aliphatic carbocycles. The maximum atomic E-state index is 12.3. The first-order valence-electron chi connectivity index (χ1n) is 19.4. The maximum absolute atomic E-state index is 12.3. The molecular weight excluding hydrogens is 672 g/mol. The van der Waals surface area contributed by atoms with E-state index < -0.39 is 134 Å². The number of hydrogen-bond acceptors (Lipinski definition) is 14. The first-order valence-corrected chi connectivity index (χ1v) is 19.4. The smallest absolute Gasteiger partial charge is 0.187 e. The fourth-order valence-corrected chi connectivity index (χ4v) is 11.3. The zero-order valence-corrected chi connectivity index (χ0v) is 29.1. The number of aliphatic hydroxyl groups excluding tert-OH is 11. The van der Waals surface area contributed by atoms with Gasteiger partial charge in [0, 0.05) is 24.2 Å². The lowest BCUT2D eigenvalue weighted by atomic mass is 9.57. The standard InChI is InChI=1S/C36H60O15/c37-13-25-29(44)31(46)32(47)36(50-25)49-24-11-19-20(41)12-22(43)27(35(19)51-33(24)14-1-5-16(38)6-2-14)28-26-21(42)9-18(40)10-23(26)48-34(30(28)45)15-3-7-17(39)8-4-15/h14-47H,1-13H2/p+1. The quantitative estimate of drug-likeness (QED) is 0.123. The lowest BCUT2D eigenvalue weighted by Crippen LogP contribution is -2.69. The molecule has 15 nitrogen and oxygen atoms in total. The fraction of sp³-hybridized carbons (Fsp3) is 1.00. The van der Waals surface area contributed by atoms with Crippen LogP contribution in [0.1, 0.15) is 77.0 Å². The molecule has 3 heterocycles. The summed E-state index contributed by atoms with van der Waals surface area (Å²) in [5.74, 6) is -2.67. The van der Waals surface area contributed by atoms with Gasteiger partial charge in [0.15, 0.2) is 18.5 Å². The van der Waals surface area contributed by atoms with E-state index in [4.69, 9.17) is 18.9 Å². The van der Waals surface area contributed by atoms with Crippen LogP contribution >= 0.6 is 0 Å². The van der Waals surface area contributed by atoms with Crippen molar-refractivity contribution in [1.29, 1.82) is 0 Å². The van der Waals surface area contributed by atoms with E-state index >= 15 is 0 Å². The van der Waals surface area contributed by atoms with Crippen molar-refractivity contribution < 1.29 is 75.1 Å². The van der Waals surface area contributed by atoms with Crippen molar-refractivity contribution >= 4 is 0 Å². The predicted molar refractivity (Wildman–Crippen MR) is 175 cm³/mol. The zero-order chi connectivity index (χ0) is 36.3. The molecule has 51 heavy (non-hydrogen) atoms. The lowest BCUT2D eigenvalue weighted by molar-refractivity contribution is -0.370. The first kappa shape index (κ1) is 38.7. The highest BCUT2D eigenvalue weighted by Crippen LogP contribution is 2.53. The molecule has 19 atom stereocenters. The van der Waals surface area contributed by atoms with Crippen molar-refractivity contribution in [3.8, 4) is 0 Å². The molecule has 0 aromatic carbocycles. The van der Waals surface area contributed by atoms with Gasteiger partial charge in [-0.2, -0.15) is 0 Å². The van der Waals surface area contributed by atoms with Gasteiger partial charge in [-0.1, -0.05) is 0 Å². The van der Waals surface area contributed by atoms with Crippen molar-refractivity contribution in [3.05, 3.63) is 0 Å². The lowest BCUT2D eigenvalue weighted by Gasteiger charge is -2.58. The van der Waals surface area contributed by atoms with Gasteiger partial charge in [-0.05, 0) is 76.5 Å². The summed E-state index contributed by atoms with van der Waals surface area (Å²) in [4.78, 5) is 0.